The number of aromatic nitrogens is 2. The Morgan fingerprint density at radius 1 is 1.44 bits per heavy atom. The van der Waals surface area contributed by atoms with Crippen LogP contribution in [0.15, 0.2) is 4.52 Å². The van der Waals surface area contributed by atoms with Crippen molar-refractivity contribution in [2.45, 2.75) is 52.2 Å². The average Bonchev–Trinajstić information content (AvgIpc) is 2.83. The molecule has 1 aromatic rings. The van der Waals surface area contributed by atoms with Crippen LogP contribution in [-0.4, -0.2) is 30.3 Å². The first-order chi connectivity index (χ1) is 8.46. The van der Waals surface area contributed by atoms with E-state index < -0.39 is 5.60 Å². The van der Waals surface area contributed by atoms with Crippen LogP contribution in [0.1, 0.15) is 45.8 Å². The van der Waals surface area contributed by atoms with Crippen molar-refractivity contribution in [2.75, 3.05) is 14.2 Å². The first kappa shape index (κ1) is 15.1. The molecule has 5 heteroatoms. The Morgan fingerprint density at radius 2 is 2.11 bits per heavy atom. The van der Waals surface area contributed by atoms with Gasteiger partial charge in [0.05, 0.1) is 0 Å². The van der Waals surface area contributed by atoms with Crippen LogP contribution in [-0.2, 0) is 16.8 Å². The van der Waals surface area contributed by atoms with Crippen molar-refractivity contribution >= 4 is 0 Å². The summed E-state index contributed by atoms with van der Waals surface area (Å²) in [7, 11) is 3.62. The number of hydrogen-bond donors (Lipinski definition) is 1. The molecule has 2 atom stereocenters. The highest BCUT2D eigenvalue weighted by Crippen LogP contribution is 2.25. The van der Waals surface area contributed by atoms with Gasteiger partial charge in [0, 0.05) is 19.6 Å². The molecule has 0 bridgehead atoms. The second-order valence-electron chi connectivity index (χ2n) is 5.14. The molecular formula is C13H25N3O2. The zero-order chi connectivity index (χ0) is 13.8. The highest BCUT2D eigenvalue weighted by molar-refractivity contribution is 5.00. The van der Waals surface area contributed by atoms with Crippen molar-refractivity contribution in [2.24, 2.45) is 5.92 Å². The van der Waals surface area contributed by atoms with Crippen molar-refractivity contribution in [3.8, 4) is 0 Å². The molecule has 0 spiro atoms. The Bertz CT molecular complexity index is 359. The molecule has 0 aliphatic heterocycles. The van der Waals surface area contributed by atoms with Crippen LogP contribution < -0.4 is 5.32 Å². The van der Waals surface area contributed by atoms with Gasteiger partial charge in [0.15, 0.2) is 0 Å². The third kappa shape index (κ3) is 3.29. The maximum atomic E-state index is 5.46. The highest BCUT2D eigenvalue weighted by atomic mass is 16.5. The summed E-state index contributed by atoms with van der Waals surface area (Å²) in [5.74, 6) is 1.81. The molecule has 1 aromatic heterocycles. The summed E-state index contributed by atoms with van der Waals surface area (Å²) in [6, 6.07) is 0.341. The molecule has 1 heterocycles. The van der Waals surface area contributed by atoms with Crippen LogP contribution in [0.2, 0.25) is 0 Å². The van der Waals surface area contributed by atoms with Crippen molar-refractivity contribution in [1.82, 2.24) is 15.5 Å². The number of hydrogen-bond acceptors (Lipinski definition) is 5. The summed E-state index contributed by atoms with van der Waals surface area (Å²) >= 11 is 0. The Kier molecular flexibility index (Phi) is 5.28. The Morgan fingerprint density at radius 3 is 2.56 bits per heavy atom. The van der Waals surface area contributed by atoms with Gasteiger partial charge >= 0.3 is 0 Å². The molecule has 0 radical (unpaired) electrons. The number of methoxy groups -OCH3 is 1. The van der Waals surface area contributed by atoms with Gasteiger partial charge in [0.1, 0.15) is 5.60 Å². The molecule has 0 amide bonds. The summed E-state index contributed by atoms with van der Waals surface area (Å²) in [4.78, 5) is 4.45. The van der Waals surface area contributed by atoms with Crippen LogP contribution in [0.4, 0.5) is 0 Å². The lowest BCUT2D eigenvalue weighted by atomic mass is 10.0. The van der Waals surface area contributed by atoms with Crippen molar-refractivity contribution < 1.29 is 9.26 Å². The van der Waals surface area contributed by atoms with E-state index in [1.807, 2.05) is 20.9 Å². The predicted octanol–water partition coefficient (Wildman–Crippen LogP) is 2.13. The highest BCUT2D eigenvalue weighted by Gasteiger charge is 2.30. The lowest BCUT2D eigenvalue weighted by molar-refractivity contribution is -0.0106. The molecule has 2 unspecified atom stereocenters. The lowest BCUT2D eigenvalue weighted by Crippen LogP contribution is -2.33. The summed E-state index contributed by atoms with van der Waals surface area (Å²) in [6.07, 6.45) is 1.55. The van der Waals surface area contributed by atoms with Gasteiger partial charge in [-0.05, 0) is 26.3 Å². The van der Waals surface area contributed by atoms with Crippen LogP contribution >= 0.6 is 0 Å². The zero-order valence-corrected chi connectivity index (χ0v) is 12.3. The summed E-state index contributed by atoms with van der Waals surface area (Å²) in [5, 5.41) is 7.30. The zero-order valence-electron chi connectivity index (χ0n) is 12.3. The van der Waals surface area contributed by atoms with E-state index in [2.05, 4.69) is 29.3 Å². The molecule has 0 fully saturated rings. The van der Waals surface area contributed by atoms with E-state index in [0.29, 0.717) is 23.7 Å². The number of nitrogens with zero attached hydrogens (tertiary/aromatic N) is 2. The second-order valence-corrected chi connectivity index (χ2v) is 5.14. The largest absolute Gasteiger partial charge is 0.370 e. The minimum absolute atomic E-state index is 0.341. The number of likely N-dealkylation sites (N-methyl/N-ethyl adjacent to an activating group) is 1. The molecule has 0 aliphatic carbocycles. The fourth-order valence-corrected chi connectivity index (χ4v) is 1.81. The fraction of sp³-hybridized carbons (Fsp3) is 0.846. The third-order valence-corrected chi connectivity index (χ3v) is 3.64. The number of rotatable bonds is 7. The lowest BCUT2D eigenvalue weighted by Gasteiger charge is -2.22. The maximum Gasteiger partial charge on any atom is 0.228 e. The number of nitrogens with one attached hydrogen (secondary N) is 1. The molecule has 0 saturated carbocycles. The molecule has 1 N–H and O–H groups in total. The van der Waals surface area contributed by atoms with Crippen molar-refractivity contribution in [3.05, 3.63) is 11.7 Å². The van der Waals surface area contributed by atoms with E-state index >= 15 is 0 Å². The van der Waals surface area contributed by atoms with Gasteiger partial charge in [0.25, 0.3) is 0 Å². The summed E-state index contributed by atoms with van der Waals surface area (Å²) in [5.41, 5.74) is -0.464. The molecule has 18 heavy (non-hydrogen) atoms. The van der Waals surface area contributed by atoms with E-state index in [4.69, 9.17) is 9.26 Å². The maximum absolute atomic E-state index is 5.46. The minimum atomic E-state index is -0.464. The summed E-state index contributed by atoms with van der Waals surface area (Å²) in [6.45, 7) is 8.36. The molecular weight excluding hydrogens is 230 g/mol. The quantitative estimate of drug-likeness (QED) is 0.808. The first-order valence-electron chi connectivity index (χ1n) is 6.52. The molecule has 1 rings (SSSR count). The second kappa shape index (κ2) is 6.29. The van der Waals surface area contributed by atoms with Gasteiger partial charge in [-0.3, -0.25) is 0 Å². The minimum Gasteiger partial charge on any atom is -0.370 e. The van der Waals surface area contributed by atoms with Gasteiger partial charge in [-0.25, -0.2) is 0 Å². The number of ether oxygens (including phenoxy) is 1. The van der Waals surface area contributed by atoms with Crippen LogP contribution in [0, 0.1) is 5.92 Å². The van der Waals surface area contributed by atoms with Crippen LogP contribution in [0.5, 0.6) is 0 Å². The van der Waals surface area contributed by atoms with E-state index in [0.717, 1.165) is 12.8 Å². The molecule has 0 aromatic carbocycles. The molecule has 0 aliphatic rings. The molecule has 0 saturated heterocycles. The van der Waals surface area contributed by atoms with Crippen LogP contribution in [0.3, 0.4) is 0 Å². The van der Waals surface area contributed by atoms with Crippen molar-refractivity contribution in [1.29, 1.82) is 0 Å². The standard InChI is InChI=1S/C13H25N3O2/c1-7-13(4,17-6)12-15-11(18-16-12)8-10(14-5)9(2)3/h9-10,14H,7-8H2,1-6H3. The van der Waals surface area contributed by atoms with Gasteiger partial charge in [-0.15, -0.1) is 0 Å². The normalized spacial score (nSPS) is 16.8. The topological polar surface area (TPSA) is 60.2 Å². The smallest absolute Gasteiger partial charge is 0.228 e. The van der Waals surface area contributed by atoms with Gasteiger partial charge in [-0.1, -0.05) is 25.9 Å². The Balaban J connectivity index is 2.80. The van der Waals surface area contributed by atoms with Gasteiger partial charge in [0.2, 0.25) is 11.7 Å². The first-order valence-corrected chi connectivity index (χ1v) is 6.52. The van der Waals surface area contributed by atoms with E-state index in [9.17, 15) is 0 Å². The van der Waals surface area contributed by atoms with Gasteiger partial charge in [-0.2, -0.15) is 4.98 Å². The van der Waals surface area contributed by atoms with Crippen molar-refractivity contribution in [3.63, 3.8) is 0 Å². The molecule has 104 valence electrons. The SMILES string of the molecule is CCC(C)(OC)c1noc(CC(NC)C(C)C)n1. The van der Waals surface area contributed by atoms with Crippen LogP contribution in [0.25, 0.3) is 0 Å². The van der Waals surface area contributed by atoms with E-state index in [-0.39, 0.29) is 0 Å². The monoisotopic (exact) mass is 255 g/mol. The van der Waals surface area contributed by atoms with E-state index in [1.165, 1.54) is 0 Å². The van der Waals surface area contributed by atoms with Gasteiger partial charge < -0.3 is 14.6 Å². The summed E-state index contributed by atoms with van der Waals surface area (Å²) < 4.78 is 10.8. The predicted molar refractivity (Wildman–Crippen MR) is 70.3 cm³/mol. The fourth-order valence-electron chi connectivity index (χ4n) is 1.81. The Labute approximate surface area is 109 Å². The Hall–Kier alpha value is -0.940. The third-order valence-electron chi connectivity index (χ3n) is 3.64. The average molecular weight is 255 g/mol. The molecule has 5 nitrogen and oxygen atoms in total. The van der Waals surface area contributed by atoms with E-state index in [1.54, 1.807) is 7.11 Å².